The first-order chi connectivity index (χ1) is 9.48. The molecule has 1 aromatic rings. The number of hydrogen-bond acceptors (Lipinski definition) is 6. The molecule has 2 N–H and O–H groups in total. The zero-order chi connectivity index (χ0) is 14.5. The molecular weight excluding hydrogens is 266 g/mol. The predicted molar refractivity (Wildman–Crippen MR) is 64.5 cm³/mol. The summed E-state index contributed by atoms with van der Waals surface area (Å²) in [6, 6.07) is 3.93. The van der Waals surface area contributed by atoms with Gasteiger partial charge in [0.05, 0.1) is 18.6 Å². The topological polar surface area (TPSA) is 96.3 Å². The molecule has 0 spiro atoms. The number of phenols is 1. The highest BCUT2D eigenvalue weighted by Gasteiger charge is 2.61. The van der Waals surface area contributed by atoms with E-state index in [0.29, 0.717) is 0 Å². The van der Waals surface area contributed by atoms with Crippen LogP contribution in [0.5, 0.6) is 11.5 Å². The number of hydrogen-bond donors (Lipinski definition) is 2. The molecule has 106 valence electrons. The second-order valence-corrected chi connectivity index (χ2v) is 4.61. The smallest absolute Gasteiger partial charge is 0.365 e. The third-order valence-electron chi connectivity index (χ3n) is 3.42. The molecule has 1 amide bonds. The molecular formula is C13H13NO6. The molecule has 7 nitrogen and oxygen atoms in total. The molecule has 1 fully saturated rings. The molecule has 2 unspecified atom stereocenters. The third-order valence-corrected chi connectivity index (χ3v) is 3.42. The molecule has 2 aliphatic rings. The number of fused-ring (bicyclic) bond motifs is 2. The van der Waals surface area contributed by atoms with Crippen molar-refractivity contribution in [2.45, 2.75) is 25.3 Å². The molecule has 0 aromatic heterocycles. The molecule has 0 radical (unpaired) electrons. The Morgan fingerprint density at radius 1 is 1.60 bits per heavy atom. The van der Waals surface area contributed by atoms with Crippen LogP contribution >= 0.6 is 0 Å². The summed E-state index contributed by atoms with van der Waals surface area (Å²) >= 11 is 0. The van der Waals surface area contributed by atoms with Gasteiger partial charge in [0.1, 0.15) is 11.5 Å². The van der Waals surface area contributed by atoms with E-state index in [9.17, 15) is 19.8 Å². The van der Waals surface area contributed by atoms with Crippen molar-refractivity contribution in [2.24, 2.45) is 0 Å². The van der Waals surface area contributed by atoms with Gasteiger partial charge < -0.3 is 19.7 Å². The van der Waals surface area contributed by atoms with Crippen LogP contribution in [-0.2, 0) is 20.1 Å². The van der Waals surface area contributed by atoms with Crippen molar-refractivity contribution >= 4 is 11.9 Å². The van der Waals surface area contributed by atoms with Gasteiger partial charge in [0.2, 0.25) is 5.91 Å². The molecule has 0 bridgehead atoms. The lowest BCUT2D eigenvalue weighted by atomic mass is 9.92. The van der Waals surface area contributed by atoms with Crippen LogP contribution in [0.2, 0.25) is 0 Å². The lowest BCUT2D eigenvalue weighted by molar-refractivity contribution is -0.240. The van der Waals surface area contributed by atoms with Gasteiger partial charge in [-0.1, -0.05) is 0 Å². The number of amides is 1. The number of aliphatic hydroxyl groups is 1. The first-order valence-corrected chi connectivity index (χ1v) is 6.20. The minimum absolute atomic E-state index is 0.0611. The van der Waals surface area contributed by atoms with Gasteiger partial charge in [-0.05, 0) is 19.1 Å². The van der Waals surface area contributed by atoms with E-state index in [4.69, 9.17) is 9.47 Å². The van der Waals surface area contributed by atoms with Crippen LogP contribution in [0.25, 0.3) is 0 Å². The van der Waals surface area contributed by atoms with E-state index < -0.39 is 23.8 Å². The van der Waals surface area contributed by atoms with Gasteiger partial charge in [-0.2, -0.15) is 0 Å². The Morgan fingerprint density at radius 2 is 2.35 bits per heavy atom. The minimum atomic E-state index is -2.21. The molecule has 0 saturated carbocycles. The first-order valence-electron chi connectivity index (χ1n) is 6.20. The lowest BCUT2D eigenvalue weighted by Crippen LogP contribution is -2.69. The fourth-order valence-electron chi connectivity index (χ4n) is 2.48. The molecule has 1 saturated heterocycles. The number of nitrogens with zero attached hydrogens (tertiary/aromatic N) is 1. The molecule has 2 atom stereocenters. The van der Waals surface area contributed by atoms with Gasteiger partial charge >= 0.3 is 5.97 Å². The summed E-state index contributed by atoms with van der Waals surface area (Å²) in [5, 5.41) is 20.2. The Labute approximate surface area is 114 Å². The number of carbonyl (C=O) groups excluding carboxylic acids is 2. The van der Waals surface area contributed by atoms with E-state index in [1.165, 1.54) is 18.2 Å². The number of carbonyl (C=O) groups is 2. The number of phenolic OH excluding ortho intramolecular Hbond substituents is 1. The number of aromatic hydroxyl groups is 1. The van der Waals surface area contributed by atoms with Gasteiger partial charge in [-0.15, -0.1) is 0 Å². The summed E-state index contributed by atoms with van der Waals surface area (Å²) in [5.74, 6) is -1.24. The van der Waals surface area contributed by atoms with Crippen LogP contribution < -0.4 is 4.74 Å². The van der Waals surface area contributed by atoms with Gasteiger partial charge in [-0.3, -0.25) is 9.69 Å². The van der Waals surface area contributed by atoms with Gasteiger partial charge in [-0.25, -0.2) is 4.79 Å². The molecule has 1 aromatic carbocycles. The number of esters is 1. The van der Waals surface area contributed by atoms with Crippen LogP contribution in [0.15, 0.2) is 18.2 Å². The van der Waals surface area contributed by atoms with Crippen molar-refractivity contribution in [1.82, 2.24) is 4.90 Å². The lowest BCUT2D eigenvalue weighted by Gasteiger charge is -2.51. The summed E-state index contributed by atoms with van der Waals surface area (Å²) in [6.07, 6.45) is -0.664. The van der Waals surface area contributed by atoms with Crippen LogP contribution in [0.4, 0.5) is 0 Å². The summed E-state index contributed by atoms with van der Waals surface area (Å²) in [6.45, 7) is 1.68. The maximum absolute atomic E-state index is 12.1. The van der Waals surface area contributed by atoms with E-state index in [2.05, 4.69) is 0 Å². The second kappa shape index (κ2) is 4.11. The standard InChI is InChI=1S/C13H13NO6/c1-2-19-12(17)13(18)8-4-3-7(15)5-9(8)20-11-6-10(16)14(11)13/h3-5,11,15,18H,2,6H2,1H3. The van der Waals surface area contributed by atoms with E-state index in [0.717, 1.165) is 4.90 Å². The second-order valence-electron chi connectivity index (χ2n) is 4.61. The van der Waals surface area contributed by atoms with Crippen molar-refractivity contribution in [2.75, 3.05) is 6.61 Å². The molecule has 7 heteroatoms. The third kappa shape index (κ3) is 1.50. The highest BCUT2D eigenvalue weighted by atomic mass is 16.6. The summed E-state index contributed by atoms with van der Waals surface area (Å²) in [4.78, 5) is 24.8. The van der Waals surface area contributed by atoms with Crippen molar-refractivity contribution in [3.63, 3.8) is 0 Å². The number of β-lactam (4-membered cyclic amide) rings is 1. The first kappa shape index (κ1) is 12.7. The monoisotopic (exact) mass is 279 g/mol. The maximum Gasteiger partial charge on any atom is 0.365 e. The van der Waals surface area contributed by atoms with Crippen molar-refractivity contribution in [3.8, 4) is 11.5 Å². The van der Waals surface area contributed by atoms with Crippen LogP contribution in [-0.4, -0.2) is 39.8 Å². The van der Waals surface area contributed by atoms with Crippen LogP contribution in [0.1, 0.15) is 18.9 Å². The molecule has 20 heavy (non-hydrogen) atoms. The van der Waals surface area contributed by atoms with Gasteiger partial charge in [0, 0.05) is 6.07 Å². The number of ether oxygens (including phenoxy) is 2. The quantitative estimate of drug-likeness (QED) is 0.586. The van der Waals surface area contributed by atoms with Crippen molar-refractivity contribution < 1.29 is 29.3 Å². The Balaban J connectivity index is 2.14. The van der Waals surface area contributed by atoms with E-state index >= 15 is 0 Å². The molecule has 2 heterocycles. The Hall–Kier alpha value is -2.28. The van der Waals surface area contributed by atoms with Gasteiger partial charge in [0.15, 0.2) is 6.23 Å². The Morgan fingerprint density at radius 3 is 3.00 bits per heavy atom. The normalized spacial score (nSPS) is 27.0. The summed E-state index contributed by atoms with van der Waals surface area (Å²) in [7, 11) is 0. The largest absolute Gasteiger partial charge is 0.508 e. The SMILES string of the molecule is CCOC(=O)C1(O)c2ccc(O)cc2OC2CC(=O)N21. The van der Waals surface area contributed by atoms with Gasteiger partial charge in [0.25, 0.3) is 5.72 Å². The number of rotatable bonds is 2. The Kier molecular flexibility index (Phi) is 2.62. The van der Waals surface area contributed by atoms with Crippen molar-refractivity contribution in [1.29, 1.82) is 0 Å². The molecule has 0 aliphatic carbocycles. The fourth-order valence-corrected chi connectivity index (χ4v) is 2.48. The fraction of sp³-hybridized carbons (Fsp3) is 0.385. The average molecular weight is 279 g/mol. The van der Waals surface area contributed by atoms with E-state index in [1.54, 1.807) is 6.92 Å². The molecule has 3 rings (SSSR count). The number of benzene rings is 1. The average Bonchev–Trinajstić information content (AvgIpc) is 2.37. The minimum Gasteiger partial charge on any atom is -0.508 e. The zero-order valence-electron chi connectivity index (χ0n) is 10.7. The van der Waals surface area contributed by atoms with Crippen LogP contribution in [0.3, 0.4) is 0 Å². The van der Waals surface area contributed by atoms with Crippen LogP contribution in [0, 0.1) is 0 Å². The van der Waals surface area contributed by atoms with E-state index in [-0.39, 0.29) is 30.1 Å². The highest BCUT2D eigenvalue weighted by Crippen LogP contribution is 2.46. The maximum atomic E-state index is 12.1. The summed E-state index contributed by atoms with van der Waals surface area (Å²) < 4.78 is 10.4. The van der Waals surface area contributed by atoms with Crippen molar-refractivity contribution in [3.05, 3.63) is 23.8 Å². The molecule has 2 aliphatic heterocycles. The van der Waals surface area contributed by atoms with E-state index in [1.807, 2.05) is 0 Å². The Bertz CT molecular complexity index is 601. The predicted octanol–water partition coefficient (Wildman–Crippen LogP) is 0.0512. The zero-order valence-corrected chi connectivity index (χ0v) is 10.7. The summed E-state index contributed by atoms with van der Waals surface area (Å²) in [5.41, 5.74) is -2.13. The highest BCUT2D eigenvalue weighted by molar-refractivity contribution is 5.92.